The highest BCUT2D eigenvalue weighted by Crippen LogP contribution is 2.38. The van der Waals surface area contributed by atoms with Crippen molar-refractivity contribution in [3.05, 3.63) is 93.5 Å². The number of aryl methyl sites for hydroxylation is 6. The van der Waals surface area contributed by atoms with Gasteiger partial charge in [-0.05, 0) is 77.6 Å². The molecule has 0 spiro atoms. The van der Waals surface area contributed by atoms with E-state index in [4.69, 9.17) is 0 Å². The Labute approximate surface area is 213 Å². The predicted molar refractivity (Wildman–Crippen MR) is 143 cm³/mol. The summed E-state index contributed by atoms with van der Waals surface area (Å²) in [6.45, 7) is 15.0. The third kappa shape index (κ3) is 3.98. The topological polar surface area (TPSA) is 57.5 Å². The van der Waals surface area contributed by atoms with E-state index in [0.717, 1.165) is 33.4 Å². The van der Waals surface area contributed by atoms with Crippen LogP contribution in [0.5, 0.6) is 0 Å². The van der Waals surface area contributed by atoms with E-state index < -0.39 is 17.2 Å². The Morgan fingerprint density at radius 1 is 0.750 bits per heavy atom. The smallest absolute Gasteiger partial charge is 0.280 e. The maximum atomic E-state index is 14.2. The van der Waals surface area contributed by atoms with Gasteiger partial charge in [-0.3, -0.25) is 4.79 Å². The number of benzene rings is 3. The van der Waals surface area contributed by atoms with Crippen LogP contribution in [0.3, 0.4) is 0 Å². The first-order valence-corrected chi connectivity index (χ1v) is 12.2. The summed E-state index contributed by atoms with van der Waals surface area (Å²) in [5.74, 6) is -1.17. The van der Waals surface area contributed by atoms with Crippen molar-refractivity contribution in [2.24, 2.45) is 5.41 Å². The molecule has 184 valence electrons. The predicted octanol–water partition coefficient (Wildman–Crippen LogP) is 6.06. The van der Waals surface area contributed by atoms with Crippen LogP contribution < -0.4 is 4.90 Å². The summed E-state index contributed by atoms with van der Waals surface area (Å²) in [6, 6.07) is 16.8. The second-order valence-electron chi connectivity index (χ2n) is 10.4. The van der Waals surface area contributed by atoms with E-state index in [-0.39, 0.29) is 11.6 Å². The van der Waals surface area contributed by atoms with Crippen molar-refractivity contribution >= 4 is 34.8 Å². The molecule has 0 unspecified atom stereocenters. The number of rotatable bonds is 4. The van der Waals surface area contributed by atoms with Crippen molar-refractivity contribution in [3.8, 4) is 0 Å². The van der Waals surface area contributed by atoms with Crippen LogP contribution in [0.2, 0.25) is 0 Å². The molecule has 1 aliphatic rings. The Bertz CT molecular complexity index is 1420. The first-order chi connectivity index (χ1) is 16.9. The Morgan fingerprint density at radius 3 is 1.72 bits per heavy atom. The average Bonchev–Trinajstić information content (AvgIpc) is 2.79. The summed E-state index contributed by atoms with van der Waals surface area (Å²) < 4.78 is 1.49. The largest absolute Gasteiger partial charge is 0.346 e. The number of Topliss-reactive ketones (excluding diaryl/α,β-unsaturated/α-hetero) is 1. The molecular weight excluding hydrogens is 448 g/mol. The minimum absolute atomic E-state index is 0.0423. The molecule has 0 saturated heterocycles. The van der Waals surface area contributed by atoms with E-state index in [1.54, 1.807) is 38.1 Å². The molecule has 3 aromatic carbocycles. The lowest BCUT2D eigenvalue weighted by molar-refractivity contribution is -0.378. The minimum Gasteiger partial charge on any atom is -0.280 e. The summed E-state index contributed by atoms with van der Waals surface area (Å²) in [6.07, 6.45) is 0. The first-order valence-electron chi connectivity index (χ1n) is 12.2. The zero-order valence-corrected chi connectivity index (χ0v) is 22.3. The molecule has 0 aromatic heterocycles. The Balaban J connectivity index is 2.20. The van der Waals surface area contributed by atoms with Crippen LogP contribution in [0.1, 0.15) is 57.6 Å². The molecule has 5 nitrogen and oxygen atoms in total. The van der Waals surface area contributed by atoms with Gasteiger partial charge < -0.3 is 0 Å². The molecule has 0 saturated carbocycles. The molecule has 4 rings (SSSR count). The monoisotopic (exact) mass is 481 g/mol. The van der Waals surface area contributed by atoms with Crippen LogP contribution in [-0.2, 0) is 9.59 Å². The van der Waals surface area contributed by atoms with E-state index >= 15 is 0 Å². The van der Waals surface area contributed by atoms with Crippen LogP contribution >= 0.6 is 0 Å². The van der Waals surface area contributed by atoms with Crippen LogP contribution in [-0.4, -0.2) is 28.0 Å². The third-order valence-electron chi connectivity index (χ3n) is 6.86. The van der Waals surface area contributed by atoms with Gasteiger partial charge in [0.05, 0.1) is 0 Å². The number of nitrogens with zero attached hydrogens (tertiary/aromatic N) is 2. The van der Waals surface area contributed by atoms with E-state index in [1.807, 2.05) is 71.9 Å². The maximum absolute atomic E-state index is 14.2. The van der Waals surface area contributed by atoms with Gasteiger partial charge in [0.2, 0.25) is 0 Å². The fraction of sp³-hybridized carbons (Fsp3) is 0.290. The summed E-state index contributed by atoms with van der Waals surface area (Å²) in [5, 5.41) is 0. The fourth-order valence-electron chi connectivity index (χ4n) is 5.33. The van der Waals surface area contributed by atoms with E-state index in [0.29, 0.717) is 16.9 Å². The molecule has 5 heteroatoms. The lowest BCUT2D eigenvalue weighted by Crippen LogP contribution is -2.61. The second kappa shape index (κ2) is 8.98. The summed E-state index contributed by atoms with van der Waals surface area (Å²) in [5.41, 5.74) is 5.88. The molecule has 0 atom stereocenters. The number of anilines is 1. The lowest BCUT2D eigenvalue weighted by Gasteiger charge is -2.33. The van der Waals surface area contributed by atoms with Gasteiger partial charge in [0, 0.05) is 5.56 Å². The summed E-state index contributed by atoms with van der Waals surface area (Å²) in [4.78, 5) is 43.9. The molecular formula is C31H33N2O3+. The van der Waals surface area contributed by atoms with Crippen LogP contribution in [0.4, 0.5) is 11.4 Å². The van der Waals surface area contributed by atoms with Crippen molar-refractivity contribution in [3.63, 3.8) is 0 Å². The molecule has 1 heterocycles. The minimum atomic E-state index is -1.38. The standard InChI is InChI=1S/C31H33N2O3/c1-18-14-20(3)25(21(4)15-18)32-28(27(34)24-12-10-9-11-13-24)33(30(36)31(7,8)29(32)35)26-22(5)16-19(2)17-23(26)6/h9-17H,1-8H3/q+1. The highest BCUT2D eigenvalue weighted by molar-refractivity contribution is 6.54. The number of carbonyl (C=O) groups excluding carboxylic acids is 3. The third-order valence-corrected chi connectivity index (χ3v) is 6.86. The van der Waals surface area contributed by atoms with Gasteiger partial charge in [0.25, 0.3) is 5.78 Å². The number of ketones is 1. The van der Waals surface area contributed by atoms with Gasteiger partial charge in [0.15, 0.2) is 5.41 Å². The molecule has 36 heavy (non-hydrogen) atoms. The highest BCUT2D eigenvalue weighted by Gasteiger charge is 2.58. The lowest BCUT2D eigenvalue weighted by atomic mass is 9.85. The van der Waals surface area contributed by atoms with Crippen LogP contribution in [0.15, 0.2) is 54.6 Å². The van der Waals surface area contributed by atoms with Crippen molar-refractivity contribution in [1.82, 2.24) is 0 Å². The number of amides is 2. The van der Waals surface area contributed by atoms with E-state index in [9.17, 15) is 14.4 Å². The highest BCUT2D eigenvalue weighted by atomic mass is 16.2. The van der Waals surface area contributed by atoms with E-state index in [2.05, 4.69) is 0 Å². The molecule has 1 aliphatic heterocycles. The van der Waals surface area contributed by atoms with Crippen LogP contribution in [0.25, 0.3) is 0 Å². The molecule has 2 amide bonds. The second-order valence-corrected chi connectivity index (χ2v) is 10.4. The van der Waals surface area contributed by atoms with Gasteiger partial charge in [-0.1, -0.05) is 65.7 Å². The molecule has 0 fully saturated rings. The molecule has 3 aromatic rings. The SMILES string of the molecule is Cc1cc(C)c(N2C(=O)C(C)(C)C(=O)[N+](c3c(C)cc(C)cc3C)=C2C(=O)c2ccccc2)c(C)c1. The quantitative estimate of drug-likeness (QED) is 0.258. The average molecular weight is 482 g/mol. The summed E-state index contributed by atoms with van der Waals surface area (Å²) >= 11 is 0. The molecule has 0 radical (unpaired) electrons. The Kier molecular flexibility index (Phi) is 6.29. The normalized spacial score (nSPS) is 15.5. The maximum Gasteiger partial charge on any atom is 0.346 e. The first kappa shape index (κ1) is 25.2. The van der Waals surface area contributed by atoms with Crippen molar-refractivity contribution < 1.29 is 19.0 Å². The zero-order chi connectivity index (χ0) is 26.5. The van der Waals surface area contributed by atoms with Crippen LogP contribution in [0, 0.1) is 47.0 Å². The van der Waals surface area contributed by atoms with Gasteiger partial charge in [0.1, 0.15) is 11.4 Å². The number of hydrogen-bond acceptors (Lipinski definition) is 3. The Morgan fingerprint density at radius 2 is 1.22 bits per heavy atom. The summed E-state index contributed by atoms with van der Waals surface area (Å²) in [7, 11) is 0. The number of amidine groups is 1. The number of hydrogen-bond donors (Lipinski definition) is 0. The van der Waals surface area contributed by atoms with E-state index in [1.165, 1.54) is 9.48 Å². The zero-order valence-electron chi connectivity index (χ0n) is 22.3. The van der Waals surface area contributed by atoms with Gasteiger partial charge in [-0.15, -0.1) is 0 Å². The van der Waals surface area contributed by atoms with Gasteiger partial charge in [-0.25, -0.2) is 9.59 Å². The fourth-order valence-corrected chi connectivity index (χ4v) is 5.33. The van der Waals surface area contributed by atoms with Crippen molar-refractivity contribution in [2.75, 3.05) is 4.90 Å². The van der Waals surface area contributed by atoms with Crippen molar-refractivity contribution in [1.29, 1.82) is 0 Å². The molecule has 0 N–H and O–H groups in total. The molecule has 0 bridgehead atoms. The molecule has 0 aliphatic carbocycles. The van der Waals surface area contributed by atoms with Gasteiger partial charge >= 0.3 is 17.6 Å². The number of carbonyl (C=O) groups is 3. The Hall–Kier alpha value is -3.86. The van der Waals surface area contributed by atoms with Crippen molar-refractivity contribution in [2.45, 2.75) is 55.4 Å². The van der Waals surface area contributed by atoms with Gasteiger partial charge in [-0.2, -0.15) is 9.48 Å².